The first kappa shape index (κ1) is 15.3. The van der Waals surface area contributed by atoms with Crippen molar-refractivity contribution < 1.29 is 9.90 Å². The number of nitrogens with zero attached hydrogens (tertiary/aromatic N) is 3. The van der Waals surface area contributed by atoms with E-state index in [1.165, 1.54) is 5.56 Å². The van der Waals surface area contributed by atoms with E-state index in [0.29, 0.717) is 12.8 Å². The van der Waals surface area contributed by atoms with Crippen LogP contribution in [0.2, 0.25) is 0 Å². The summed E-state index contributed by atoms with van der Waals surface area (Å²) in [6.45, 7) is 0. The highest BCUT2D eigenvalue weighted by molar-refractivity contribution is 7.19. The molecule has 0 saturated heterocycles. The van der Waals surface area contributed by atoms with Crippen molar-refractivity contribution in [3.05, 3.63) is 41.2 Å². The van der Waals surface area contributed by atoms with Crippen LogP contribution in [0.5, 0.6) is 0 Å². The average molecular weight is 365 g/mol. The predicted molar refractivity (Wildman–Crippen MR) is 99.9 cm³/mol. The van der Waals surface area contributed by atoms with Gasteiger partial charge in [0.25, 0.3) is 0 Å². The van der Waals surface area contributed by atoms with Crippen molar-refractivity contribution >= 4 is 49.9 Å². The smallest absolute Gasteiger partial charge is 0.306 e. The normalized spacial score (nSPS) is 16.7. The van der Waals surface area contributed by atoms with Crippen LogP contribution in [-0.2, 0) is 17.6 Å². The van der Waals surface area contributed by atoms with Crippen LogP contribution in [0.4, 0.5) is 11.5 Å². The van der Waals surface area contributed by atoms with Gasteiger partial charge in [0.2, 0.25) is 0 Å². The van der Waals surface area contributed by atoms with Gasteiger partial charge in [-0.1, -0.05) is 0 Å². The van der Waals surface area contributed by atoms with Gasteiger partial charge in [-0.2, -0.15) is 5.10 Å². The van der Waals surface area contributed by atoms with Crippen LogP contribution in [0.25, 0.3) is 21.1 Å². The van der Waals surface area contributed by atoms with Crippen LogP contribution >= 0.6 is 11.3 Å². The molecule has 0 saturated carbocycles. The van der Waals surface area contributed by atoms with Gasteiger partial charge in [0.05, 0.1) is 23.0 Å². The fourth-order valence-electron chi connectivity index (χ4n) is 3.57. The molecule has 7 nitrogen and oxygen atoms in total. The molecule has 26 heavy (non-hydrogen) atoms. The van der Waals surface area contributed by atoms with E-state index in [1.807, 2.05) is 18.2 Å². The first-order valence-electron chi connectivity index (χ1n) is 8.37. The van der Waals surface area contributed by atoms with Crippen molar-refractivity contribution in [1.82, 2.24) is 20.2 Å². The van der Waals surface area contributed by atoms with Gasteiger partial charge in [-0.15, -0.1) is 11.3 Å². The lowest BCUT2D eigenvalue weighted by Crippen LogP contribution is -2.21. The Morgan fingerprint density at radius 2 is 2.27 bits per heavy atom. The van der Waals surface area contributed by atoms with E-state index < -0.39 is 5.97 Å². The Hall–Kier alpha value is -3.00. The standard InChI is InChI=1S/C18H15N5O2S/c24-18(25)9-1-3-12-14(6-9)26-17-15(12)16(19-8-20-17)22-11-2-4-13-10(5-11)7-21-23-13/h2,4-5,7-9H,1,3,6H2,(H,21,23)(H,24,25)(H,19,20,22)/t9-/m1/s1. The first-order valence-corrected chi connectivity index (χ1v) is 9.19. The Morgan fingerprint density at radius 1 is 1.35 bits per heavy atom. The number of hydrogen-bond donors (Lipinski definition) is 3. The van der Waals surface area contributed by atoms with E-state index >= 15 is 0 Å². The summed E-state index contributed by atoms with van der Waals surface area (Å²) in [5.41, 5.74) is 3.10. The molecular weight excluding hydrogens is 350 g/mol. The van der Waals surface area contributed by atoms with E-state index in [2.05, 4.69) is 25.5 Å². The Labute approximate surface area is 152 Å². The van der Waals surface area contributed by atoms with Crippen LogP contribution in [0.15, 0.2) is 30.7 Å². The number of carboxylic acid groups (broad SMARTS) is 1. The average Bonchev–Trinajstić information content (AvgIpc) is 3.25. The number of rotatable bonds is 3. The lowest BCUT2D eigenvalue weighted by atomic mass is 9.88. The summed E-state index contributed by atoms with van der Waals surface area (Å²) in [7, 11) is 0. The zero-order chi connectivity index (χ0) is 17.7. The summed E-state index contributed by atoms with van der Waals surface area (Å²) in [5, 5.41) is 21.7. The van der Waals surface area contributed by atoms with E-state index in [4.69, 9.17) is 0 Å². The van der Waals surface area contributed by atoms with Gasteiger partial charge in [-0.3, -0.25) is 9.89 Å². The second-order valence-electron chi connectivity index (χ2n) is 6.48. The molecule has 4 aromatic rings. The minimum absolute atomic E-state index is 0.302. The first-order chi connectivity index (χ1) is 12.7. The number of nitrogens with one attached hydrogen (secondary N) is 2. The van der Waals surface area contributed by atoms with E-state index in [-0.39, 0.29) is 5.92 Å². The number of aliphatic carboxylic acids is 1. The summed E-state index contributed by atoms with van der Waals surface area (Å²) >= 11 is 1.58. The van der Waals surface area contributed by atoms with Crippen molar-refractivity contribution in [3.63, 3.8) is 0 Å². The van der Waals surface area contributed by atoms with Gasteiger partial charge in [-0.25, -0.2) is 9.97 Å². The van der Waals surface area contributed by atoms with Crippen LogP contribution in [0, 0.1) is 5.92 Å². The molecular formula is C18H15N5O2S. The second kappa shape index (κ2) is 5.77. The number of anilines is 2. The second-order valence-corrected chi connectivity index (χ2v) is 7.56. The number of hydrogen-bond acceptors (Lipinski definition) is 6. The molecule has 5 rings (SSSR count). The van der Waals surface area contributed by atoms with Gasteiger partial charge in [0.1, 0.15) is 17.0 Å². The highest BCUT2D eigenvalue weighted by atomic mass is 32.1. The molecule has 3 heterocycles. The molecule has 0 bridgehead atoms. The molecule has 1 aliphatic carbocycles. The number of aromatic amines is 1. The molecule has 3 aromatic heterocycles. The molecule has 0 spiro atoms. The van der Waals surface area contributed by atoms with E-state index in [9.17, 15) is 9.90 Å². The molecule has 1 aliphatic rings. The highest BCUT2D eigenvalue weighted by Crippen LogP contribution is 2.40. The van der Waals surface area contributed by atoms with Gasteiger partial charge >= 0.3 is 5.97 Å². The Morgan fingerprint density at radius 3 is 3.15 bits per heavy atom. The third kappa shape index (κ3) is 2.41. The van der Waals surface area contributed by atoms with Crippen molar-refractivity contribution in [2.75, 3.05) is 5.32 Å². The maximum absolute atomic E-state index is 11.3. The molecule has 1 aromatic carbocycles. The molecule has 0 fully saturated rings. The third-order valence-corrected chi connectivity index (χ3v) is 6.06. The molecule has 0 unspecified atom stereocenters. The summed E-state index contributed by atoms with van der Waals surface area (Å²) in [5.74, 6) is -0.251. The maximum atomic E-state index is 11.3. The maximum Gasteiger partial charge on any atom is 0.306 e. The minimum Gasteiger partial charge on any atom is -0.481 e. The number of thiophene rings is 1. The van der Waals surface area contributed by atoms with Crippen LogP contribution in [0.1, 0.15) is 16.9 Å². The topological polar surface area (TPSA) is 104 Å². The van der Waals surface area contributed by atoms with Crippen molar-refractivity contribution in [2.24, 2.45) is 5.92 Å². The monoisotopic (exact) mass is 365 g/mol. The summed E-state index contributed by atoms with van der Waals surface area (Å²) in [6.07, 6.45) is 5.32. The number of carboxylic acids is 1. The molecule has 1 atom stereocenters. The van der Waals surface area contributed by atoms with Crippen molar-refractivity contribution in [2.45, 2.75) is 19.3 Å². The lowest BCUT2D eigenvalue weighted by molar-refractivity contribution is -0.142. The van der Waals surface area contributed by atoms with E-state index in [1.54, 1.807) is 23.9 Å². The molecule has 8 heteroatoms. The fourth-order valence-corrected chi connectivity index (χ4v) is 4.84. The Kier molecular flexibility index (Phi) is 3.39. The molecule has 0 amide bonds. The number of benzene rings is 1. The fraction of sp³-hybridized carbons (Fsp3) is 0.222. The molecule has 130 valence electrons. The summed E-state index contributed by atoms with van der Waals surface area (Å²) in [6, 6.07) is 5.98. The lowest BCUT2D eigenvalue weighted by Gasteiger charge is -2.18. The quantitative estimate of drug-likeness (QED) is 0.513. The molecule has 0 aliphatic heterocycles. The summed E-state index contributed by atoms with van der Waals surface area (Å²) in [4.78, 5) is 22.2. The van der Waals surface area contributed by atoms with Crippen molar-refractivity contribution in [3.8, 4) is 0 Å². The van der Waals surface area contributed by atoms with Crippen LogP contribution < -0.4 is 5.32 Å². The Balaban J connectivity index is 1.57. The third-order valence-electron chi connectivity index (χ3n) is 4.90. The number of aryl methyl sites for hydroxylation is 1. The number of carbonyl (C=O) groups is 1. The zero-order valence-corrected chi connectivity index (χ0v) is 14.5. The number of H-pyrrole nitrogens is 1. The largest absolute Gasteiger partial charge is 0.481 e. The van der Waals surface area contributed by atoms with Crippen molar-refractivity contribution in [1.29, 1.82) is 0 Å². The highest BCUT2D eigenvalue weighted by Gasteiger charge is 2.28. The minimum atomic E-state index is -0.717. The van der Waals surface area contributed by atoms with Gasteiger partial charge in [0.15, 0.2) is 0 Å². The summed E-state index contributed by atoms with van der Waals surface area (Å²) < 4.78 is 0. The van der Waals surface area contributed by atoms with Crippen LogP contribution in [-0.4, -0.2) is 31.2 Å². The predicted octanol–water partition coefficient (Wildman–Crippen LogP) is 3.50. The van der Waals surface area contributed by atoms with Gasteiger partial charge in [-0.05, 0) is 43.0 Å². The number of aromatic nitrogens is 4. The van der Waals surface area contributed by atoms with E-state index in [0.717, 1.165) is 43.9 Å². The van der Waals surface area contributed by atoms with Crippen LogP contribution in [0.3, 0.4) is 0 Å². The number of fused-ring (bicyclic) bond motifs is 4. The van der Waals surface area contributed by atoms with Gasteiger partial charge in [0, 0.05) is 16.0 Å². The molecule has 3 N–H and O–H groups in total. The zero-order valence-electron chi connectivity index (χ0n) is 13.7. The molecule has 0 radical (unpaired) electrons. The SMILES string of the molecule is O=C(O)[C@@H]1CCc2c(sc3ncnc(Nc4ccc5[nH]ncc5c4)c23)C1. The Bertz CT molecular complexity index is 1150. The van der Waals surface area contributed by atoms with Gasteiger partial charge < -0.3 is 10.4 Å².